The maximum absolute atomic E-state index is 5.62. The Morgan fingerprint density at radius 2 is 2.31 bits per heavy atom. The van der Waals surface area contributed by atoms with Gasteiger partial charge in [0.25, 0.3) is 5.88 Å². The van der Waals surface area contributed by atoms with Gasteiger partial charge in [-0.15, -0.1) is 5.10 Å². The zero-order valence-corrected chi connectivity index (χ0v) is 7.99. The van der Waals surface area contributed by atoms with Gasteiger partial charge in [0.15, 0.2) is 0 Å². The first-order chi connectivity index (χ1) is 6.27. The van der Waals surface area contributed by atoms with Gasteiger partial charge in [-0.3, -0.25) is 4.68 Å². The molecule has 0 saturated carbocycles. The first kappa shape index (κ1) is 9.85. The molecule has 5 nitrogen and oxygen atoms in total. The van der Waals surface area contributed by atoms with Crippen LogP contribution in [0, 0.1) is 0 Å². The second-order valence-electron chi connectivity index (χ2n) is 2.70. The number of nitrogen functional groups attached to an aromatic ring is 1. The number of hydrogen-bond acceptors (Lipinski definition) is 4. The lowest BCUT2D eigenvalue weighted by atomic mass is 10.4. The normalized spacial score (nSPS) is 10.3. The monoisotopic (exact) mass is 185 g/mol. The molecule has 1 aromatic heterocycles. The summed E-state index contributed by atoms with van der Waals surface area (Å²) in [7, 11) is 3.23. The quantitative estimate of drug-likeness (QED) is 0.679. The molecule has 0 amide bonds. The molecule has 0 aromatic carbocycles. The Labute approximate surface area is 77.4 Å². The SMILES string of the molecule is COCCCn1cc(N)c(OC)n1. The van der Waals surface area contributed by atoms with Crippen LogP contribution < -0.4 is 10.5 Å². The second-order valence-corrected chi connectivity index (χ2v) is 2.70. The van der Waals surface area contributed by atoms with E-state index in [0.29, 0.717) is 11.6 Å². The minimum Gasteiger partial charge on any atom is -0.478 e. The summed E-state index contributed by atoms with van der Waals surface area (Å²) in [4.78, 5) is 0. The Morgan fingerprint density at radius 3 is 2.85 bits per heavy atom. The van der Waals surface area contributed by atoms with Gasteiger partial charge in [-0.1, -0.05) is 0 Å². The molecule has 2 N–H and O–H groups in total. The highest BCUT2D eigenvalue weighted by molar-refractivity contribution is 5.45. The van der Waals surface area contributed by atoms with E-state index in [0.717, 1.165) is 19.6 Å². The van der Waals surface area contributed by atoms with Gasteiger partial charge in [-0.2, -0.15) is 0 Å². The number of methoxy groups -OCH3 is 2. The highest BCUT2D eigenvalue weighted by Crippen LogP contribution is 2.16. The summed E-state index contributed by atoms with van der Waals surface area (Å²) in [6, 6.07) is 0. The summed E-state index contributed by atoms with van der Waals surface area (Å²) in [5.74, 6) is 0.484. The third-order valence-electron chi connectivity index (χ3n) is 1.68. The molecular formula is C8H15N3O2. The Bertz CT molecular complexity index is 260. The first-order valence-corrected chi connectivity index (χ1v) is 4.13. The molecule has 0 saturated heterocycles. The summed E-state index contributed by atoms with van der Waals surface area (Å²) in [6.45, 7) is 1.52. The number of anilines is 1. The van der Waals surface area contributed by atoms with Crippen molar-refractivity contribution in [2.45, 2.75) is 13.0 Å². The van der Waals surface area contributed by atoms with Gasteiger partial charge in [0, 0.05) is 20.3 Å². The van der Waals surface area contributed by atoms with Gasteiger partial charge in [0.1, 0.15) is 5.69 Å². The van der Waals surface area contributed by atoms with E-state index < -0.39 is 0 Å². The molecule has 1 rings (SSSR count). The highest BCUT2D eigenvalue weighted by atomic mass is 16.5. The highest BCUT2D eigenvalue weighted by Gasteiger charge is 2.04. The van der Waals surface area contributed by atoms with Crippen molar-refractivity contribution < 1.29 is 9.47 Å². The van der Waals surface area contributed by atoms with Crippen molar-refractivity contribution in [3.63, 3.8) is 0 Å². The van der Waals surface area contributed by atoms with Crippen LogP contribution in [-0.4, -0.2) is 30.6 Å². The van der Waals surface area contributed by atoms with Gasteiger partial charge in [0.2, 0.25) is 0 Å². The van der Waals surface area contributed by atoms with E-state index >= 15 is 0 Å². The third kappa shape index (κ3) is 2.62. The zero-order valence-electron chi connectivity index (χ0n) is 7.99. The molecule has 74 valence electrons. The van der Waals surface area contributed by atoms with Crippen LogP contribution in [0.15, 0.2) is 6.20 Å². The van der Waals surface area contributed by atoms with Crippen LogP contribution in [0.5, 0.6) is 5.88 Å². The fraction of sp³-hybridized carbons (Fsp3) is 0.625. The number of nitrogens with zero attached hydrogens (tertiary/aromatic N) is 2. The van der Waals surface area contributed by atoms with Crippen LogP contribution in [0.1, 0.15) is 6.42 Å². The lowest BCUT2D eigenvalue weighted by molar-refractivity contribution is 0.188. The Hall–Kier alpha value is -1.23. The molecule has 13 heavy (non-hydrogen) atoms. The average molecular weight is 185 g/mol. The largest absolute Gasteiger partial charge is 0.478 e. The molecule has 0 radical (unpaired) electrons. The van der Waals surface area contributed by atoms with Crippen LogP contribution in [0.2, 0.25) is 0 Å². The molecule has 0 aliphatic heterocycles. The predicted molar refractivity (Wildman–Crippen MR) is 49.7 cm³/mol. The van der Waals surface area contributed by atoms with Crippen LogP contribution in [0.25, 0.3) is 0 Å². The maximum Gasteiger partial charge on any atom is 0.255 e. The van der Waals surface area contributed by atoms with Crippen molar-refractivity contribution in [2.75, 3.05) is 26.6 Å². The maximum atomic E-state index is 5.62. The molecule has 5 heteroatoms. The summed E-state index contributed by atoms with van der Waals surface area (Å²) >= 11 is 0. The standard InChI is InChI=1S/C8H15N3O2/c1-12-5-3-4-11-6-7(9)8(10-11)13-2/h6H,3-5,9H2,1-2H3. The van der Waals surface area contributed by atoms with E-state index in [-0.39, 0.29) is 0 Å². The lowest BCUT2D eigenvalue weighted by Crippen LogP contribution is -2.01. The van der Waals surface area contributed by atoms with Crippen LogP contribution >= 0.6 is 0 Å². The summed E-state index contributed by atoms with van der Waals surface area (Å²) in [5.41, 5.74) is 6.19. The minimum atomic E-state index is 0.484. The molecule has 0 aliphatic rings. The lowest BCUT2D eigenvalue weighted by Gasteiger charge is -1.99. The molecule has 0 bridgehead atoms. The Kier molecular flexibility index (Phi) is 3.57. The van der Waals surface area contributed by atoms with Crippen LogP contribution in [0.4, 0.5) is 5.69 Å². The van der Waals surface area contributed by atoms with Gasteiger partial charge in [-0.05, 0) is 6.42 Å². The molecule has 1 heterocycles. The smallest absolute Gasteiger partial charge is 0.255 e. The van der Waals surface area contributed by atoms with Gasteiger partial charge in [0.05, 0.1) is 13.3 Å². The summed E-state index contributed by atoms with van der Waals surface area (Å²) in [6.07, 6.45) is 2.68. The van der Waals surface area contributed by atoms with E-state index in [4.69, 9.17) is 15.2 Å². The fourth-order valence-electron chi connectivity index (χ4n) is 1.06. The summed E-state index contributed by atoms with van der Waals surface area (Å²) < 4.78 is 11.6. The molecule has 0 aliphatic carbocycles. The van der Waals surface area contributed by atoms with Gasteiger partial charge in [-0.25, -0.2) is 0 Å². The summed E-state index contributed by atoms with van der Waals surface area (Å²) in [5, 5.41) is 4.11. The third-order valence-corrected chi connectivity index (χ3v) is 1.68. The number of aryl methyl sites for hydroxylation is 1. The zero-order chi connectivity index (χ0) is 9.68. The molecule has 0 spiro atoms. The van der Waals surface area contributed by atoms with Crippen molar-refractivity contribution in [2.24, 2.45) is 0 Å². The predicted octanol–water partition coefficient (Wildman–Crippen LogP) is 0.510. The second kappa shape index (κ2) is 4.71. The first-order valence-electron chi connectivity index (χ1n) is 4.13. The topological polar surface area (TPSA) is 62.3 Å². The molecule has 0 atom stereocenters. The van der Waals surface area contributed by atoms with Crippen molar-refractivity contribution in [1.29, 1.82) is 0 Å². The van der Waals surface area contributed by atoms with Gasteiger partial charge >= 0.3 is 0 Å². The van der Waals surface area contributed by atoms with E-state index in [1.807, 2.05) is 0 Å². The molecule has 1 aromatic rings. The number of nitrogens with two attached hydrogens (primary N) is 1. The van der Waals surface area contributed by atoms with Crippen LogP contribution in [-0.2, 0) is 11.3 Å². The molecule has 0 unspecified atom stereocenters. The molecule has 0 fully saturated rings. The van der Waals surface area contributed by atoms with E-state index in [2.05, 4.69) is 5.10 Å². The van der Waals surface area contributed by atoms with Crippen molar-refractivity contribution >= 4 is 5.69 Å². The molecular weight excluding hydrogens is 170 g/mol. The number of ether oxygens (including phenoxy) is 2. The van der Waals surface area contributed by atoms with Gasteiger partial charge < -0.3 is 15.2 Å². The fourth-order valence-corrected chi connectivity index (χ4v) is 1.06. The minimum absolute atomic E-state index is 0.484. The average Bonchev–Trinajstić information content (AvgIpc) is 2.47. The van der Waals surface area contributed by atoms with Crippen LogP contribution in [0.3, 0.4) is 0 Å². The van der Waals surface area contributed by atoms with Crippen molar-refractivity contribution in [3.05, 3.63) is 6.20 Å². The Balaban J connectivity index is 2.48. The van der Waals surface area contributed by atoms with E-state index in [1.165, 1.54) is 0 Å². The Morgan fingerprint density at radius 1 is 1.54 bits per heavy atom. The van der Waals surface area contributed by atoms with Crippen molar-refractivity contribution in [1.82, 2.24) is 9.78 Å². The van der Waals surface area contributed by atoms with Crippen molar-refractivity contribution in [3.8, 4) is 5.88 Å². The number of hydrogen-bond donors (Lipinski definition) is 1. The number of rotatable bonds is 5. The van der Waals surface area contributed by atoms with E-state index in [9.17, 15) is 0 Å². The van der Waals surface area contributed by atoms with E-state index in [1.54, 1.807) is 25.1 Å². The number of aromatic nitrogens is 2.